The van der Waals surface area contributed by atoms with Crippen molar-refractivity contribution in [2.45, 2.75) is 19.2 Å². The molecule has 25 heavy (non-hydrogen) atoms. The lowest BCUT2D eigenvalue weighted by Crippen LogP contribution is -2.42. The molecule has 1 heterocycles. The first kappa shape index (κ1) is 16.8. The quantitative estimate of drug-likeness (QED) is 0.747. The molecular weight excluding hydrogens is 325 g/mol. The third-order valence-corrected chi connectivity index (χ3v) is 3.77. The number of nitrogens with one attached hydrogen (secondary N) is 3. The summed E-state index contributed by atoms with van der Waals surface area (Å²) in [6.45, 7) is 0.926. The van der Waals surface area contributed by atoms with E-state index in [-0.39, 0.29) is 30.9 Å². The van der Waals surface area contributed by atoms with Crippen molar-refractivity contribution in [2.75, 3.05) is 6.54 Å². The van der Waals surface area contributed by atoms with Crippen molar-refractivity contribution in [1.29, 1.82) is 0 Å². The number of ether oxygens (including phenoxy) is 1. The Hall–Kier alpha value is -3.09. The van der Waals surface area contributed by atoms with E-state index in [1.807, 2.05) is 12.1 Å². The second-order valence-corrected chi connectivity index (χ2v) is 5.69. The van der Waals surface area contributed by atoms with Crippen molar-refractivity contribution in [3.05, 3.63) is 65.5 Å². The van der Waals surface area contributed by atoms with Gasteiger partial charge >= 0.3 is 6.03 Å². The van der Waals surface area contributed by atoms with Gasteiger partial charge in [-0.15, -0.1) is 0 Å². The van der Waals surface area contributed by atoms with Crippen molar-refractivity contribution < 1.29 is 18.7 Å². The van der Waals surface area contributed by atoms with Crippen LogP contribution in [0.3, 0.4) is 0 Å². The smallest absolute Gasteiger partial charge is 0.315 e. The Kier molecular flexibility index (Phi) is 5.13. The second-order valence-electron chi connectivity index (χ2n) is 5.69. The number of hydrogen-bond donors (Lipinski definition) is 3. The van der Waals surface area contributed by atoms with E-state index in [1.165, 1.54) is 12.1 Å². The van der Waals surface area contributed by atoms with Crippen LogP contribution in [0.4, 0.5) is 9.18 Å². The maximum absolute atomic E-state index is 13.1. The SMILES string of the molecule is O=C1NCC(C(=O)NCc2ccc(OCc3cccc(F)c3)cc2)N1. The second kappa shape index (κ2) is 7.65. The standard InChI is InChI=1S/C18H18FN3O3/c19-14-3-1-2-13(8-14)11-25-15-6-4-12(5-7-15)9-20-17(23)16-10-21-18(24)22-16/h1-8,16H,9-11H2,(H,20,23)(H2,21,22,24). The third kappa shape index (κ3) is 4.69. The summed E-state index contributed by atoms with van der Waals surface area (Å²) in [5, 5.41) is 7.83. The van der Waals surface area contributed by atoms with E-state index in [0.717, 1.165) is 11.1 Å². The summed E-state index contributed by atoms with van der Waals surface area (Å²) in [5.41, 5.74) is 1.66. The fraction of sp³-hybridized carbons (Fsp3) is 0.222. The molecule has 2 aromatic carbocycles. The van der Waals surface area contributed by atoms with Crippen LogP contribution >= 0.6 is 0 Å². The maximum atomic E-state index is 13.1. The van der Waals surface area contributed by atoms with Gasteiger partial charge < -0.3 is 20.7 Å². The monoisotopic (exact) mass is 343 g/mol. The summed E-state index contributed by atoms with van der Waals surface area (Å²) in [4.78, 5) is 22.9. The lowest BCUT2D eigenvalue weighted by atomic mass is 10.2. The zero-order valence-corrected chi connectivity index (χ0v) is 13.4. The van der Waals surface area contributed by atoms with Crippen LogP contribution in [0.15, 0.2) is 48.5 Å². The first-order chi connectivity index (χ1) is 12.1. The van der Waals surface area contributed by atoms with E-state index in [1.54, 1.807) is 24.3 Å². The molecule has 1 aliphatic rings. The first-order valence-electron chi connectivity index (χ1n) is 7.88. The Morgan fingerprint density at radius 2 is 2.00 bits per heavy atom. The van der Waals surface area contributed by atoms with Crippen LogP contribution in [0.25, 0.3) is 0 Å². The molecule has 1 unspecified atom stereocenters. The molecule has 7 heteroatoms. The van der Waals surface area contributed by atoms with Gasteiger partial charge in [-0.05, 0) is 35.4 Å². The van der Waals surface area contributed by atoms with Crippen LogP contribution in [-0.2, 0) is 17.9 Å². The van der Waals surface area contributed by atoms with E-state index in [2.05, 4.69) is 16.0 Å². The molecular formula is C18H18FN3O3. The fourth-order valence-electron chi connectivity index (χ4n) is 2.42. The average molecular weight is 343 g/mol. The van der Waals surface area contributed by atoms with Crippen LogP contribution in [-0.4, -0.2) is 24.5 Å². The lowest BCUT2D eigenvalue weighted by Gasteiger charge is -2.11. The molecule has 3 amide bonds. The van der Waals surface area contributed by atoms with Gasteiger partial charge in [0.05, 0.1) is 0 Å². The molecule has 0 radical (unpaired) electrons. The molecule has 0 saturated carbocycles. The minimum absolute atomic E-state index is 0.232. The van der Waals surface area contributed by atoms with Gasteiger partial charge in [0.1, 0.15) is 24.2 Å². The number of urea groups is 1. The molecule has 1 atom stereocenters. The van der Waals surface area contributed by atoms with Gasteiger partial charge in [-0.2, -0.15) is 0 Å². The van der Waals surface area contributed by atoms with E-state index in [4.69, 9.17) is 4.74 Å². The Bertz CT molecular complexity index is 764. The van der Waals surface area contributed by atoms with Crippen LogP contribution in [0, 0.1) is 5.82 Å². The zero-order chi connectivity index (χ0) is 17.6. The number of carbonyl (C=O) groups is 2. The van der Waals surface area contributed by atoms with Gasteiger partial charge in [0, 0.05) is 13.1 Å². The normalized spacial score (nSPS) is 16.0. The number of rotatable bonds is 6. The summed E-state index contributed by atoms with van der Waals surface area (Å²) in [6, 6.07) is 12.6. The van der Waals surface area contributed by atoms with Crippen molar-refractivity contribution in [3.63, 3.8) is 0 Å². The first-order valence-corrected chi connectivity index (χ1v) is 7.88. The van der Waals surface area contributed by atoms with Gasteiger partial charge in [-0.3, -0.25) is 4.79 Å². The maximum Gasteiger partial charge on any atom is 0.315 e. The molecule has 3 N–H and O–H groups in total. The Morgan fingerprint density at radius 3 is 2.68 bits per heavy atom. The van der Waals surface area contributed by atoms with E-state index < -0.39 is 6.04 Å². The van der Waals surface area contributed by atoms with Gasteiger partial charge in [0.15, 0.2) is 0 Å². The zero-order valence-electron chi connectivity index (χ0n) is 13.4. The predicted molar refractivity (Wildman–Crippen MR) is 89.3 cm³/mol. The van der Waals surface area contributed by atoms with Gasteiger partial charge in [0.25, 0.3) is 0 Å². The Morgan fingerprint density at radius 1 is 1.20 bits per heavy atom. The average Bonchev–Trinajstić information content (AvgIpc) is 3.05. The van der Waals surface area contributed by atoms with Gasteiger partial charge in [0.2, 0.25) is 5.91 Å². The number of carbonyl (C=O) groups excluding carboxylic acids is 2. The molecule has 0 spiro atoms. The molecule has 6 nitrogen and oxygen atoms in total. The van der Waals surface area contributed by atoms with Crippen LogP contribution in [0.2, 0.25) is 0 Å². The predicted octanol–water partition coefficient (Wildman–Crippen LogP) is 1.70. The summed E-state index contributed by atoms with van der Waals surface area (Å²) in [5.74, 6) is 0.136. The van der Waals surface area contributed by atoms with Crippen LogP contribution in [0.5, 0.6) is 5.75 Å². The molecule has 1 saturated heterocycles. The highest BCUT2D eigenvalue weighted by atomic mass is 19.1. The van der Waals surface area contributed by atoms with Crippen LogP contribution < -0.4 is 20.7 Å². The summed E-state index contributed by atoms with van der Waals surface area (Å²) in [6.07, 6.45) is 0. The van der Waals surface area contributed by atoms with Gasteiger partial charge in [-0.25, -0.2) is 9.18 Å². The van der Waals surface area contributed by atoms with Gasteiger partial charge in [-0.1, -0.05) is 24.3 Å². The molecule has 2 aromatic rings. The third-order valence-electron chi connectivity index (χ3n) is 3.77. The molecule has 0 bridgehead atoms. The minimum atomic E-state index is -0.540. The summed E-state index contributed by atoms with van der Waals surface area (Å²) in [7, 11) is 0. The van der Waals surface area contributed by atoms with E-state index in [0.29, 0.717) is 12.3 Å². The summed E-state index contributed by atoms with van der Waals surface area (Å²) >= 11 is 0. The molecule has 0 aliphatic carbocycles. The molecule has 1 aliphatic heterocycles. The molecule has 0 aromatic heterocycles. The van der Waals surface area contributed by atoms with E-state index >= 15 is 0 Å². The number of amides is 3. The van der Waals surface area contributed by atoms with Crippen molar-refractivity contribution in [1.82, 2.24) is 16.0 Å². The number of hydrogen-bond acceptors (Lipinski definition) is 3. The highest BCUT2D eigenvalue weighted by Gasteiger charge is 2.26. The highest BCUT2D eigenvalue weighted by Crippen LogP contribution is 2.14. The van der Waals surface area contributed by atoms with Crippen LogP contribution in [0.1, 0.15) is 11.1 Å². The molecule has 3 rings (SSSR count). The topological polar surface area (TPSA) is 79.5 Å². The highest BCUT2D eigenvalue weighted by molar-refractivity contribution is 5.90. The van der Waals surface area contributed by atoms with Crippen molar-refractivity contribution in [2.24, 2.45) is 0 Å². The Labute approximate surface area is 144 Å². The number of halogens is 1. The van der Waals surface area contributed by atoms with Crippen molar-refractivity contribution >= 4 is 11.9 Å². The molecule has 130 valence electrons. The largest absolute Gasteiger partial charge is 0.489 e. The fourth-order valence-corrected chi connectivity index (χ4v) is 2.42. The van der Waals surface area contributed by atoms with Crippen molar-refractivity contribution in [3.8, 4) is 5.75 Å². The lowest BCUT2D eigenvalue weighted by molar-refractivity contribution is -0.122. The minimum Gasteiger partial charge on any atom is -0.489 e. The molecule has 1 fully saturated rings. The summed E-state index contributed by atoms with van der Waals surface area (Å²) < 4.78 is 18.7. The van der Waals surface area contributed by atoms with E-state index in [9.17, 15) is 14.0 Å². The Balaban J connectivity index is 1.47. The number of benzene rings is 2.